The van der Waals surface area contributed by atoms with E-state index in [0.717, 1.165) is 35.7 Å². The molecule has 2 heterocycles. The Labute approximate surface area is 114 Å². The number of rotatable bonds is 2. The average Bonchev–Trinajstić information content (AvgIpc) is 2.55. The molecule has 1 aliphatic heterocycles. The number of hydrogen-bond acceptors (Lipinski definition) is 3. The zero-order valence-corrected chi connectivity index (χ0v) is 12.0. The first-order chi connectivity index (χ1) is 8.59. The Bertz CT molecular complexity index is 449. The molecule has 1 saturated heterocycles. The van der Waals surface area contributed by atoms with E-state index in [0.29, 0.717) is 4.99 Å². The number of hydrogen-bond donors (Lipinski definition) is 1. The molecule has 1 fully saturated rings. The van der Waals surface area contributed by atoms with Crippen LogP contribution in [0.4, 0.5) is 5.82 Å². The largest absolute Gasteiger partial charge is 0.389 e. The predicted octanol–water partition coefficient (Wildman–Crippen LogP) is 2.71. The summed E-state index contributed by atoms with van der Waals surface area (Å²) in [6, 6.07) is 2.05. The molecule has 2 N–H and O–H groups in total. The van der Waals surface area contributed by atoms with Crippen LogP contribution >= 0.6 is 12.2 Å². The standard InChI is InChI=1S/C14H21N3S/c1-10-9-11(2)16-14(12(10)13(15)18)17-7-5-3-4-6-8-17/h9H,3-8H2,1-2H3,(H2,15,18). The van der Waals surface area contributed by atoms with Crippen molar-refractivity contribution in [2.45, 2.75) is 39.5 Å². The normalized spacial score (nSPS) is 16.4. The molecule has 0 spiro atoms. The summed E-state index contributed by atoms with van der Waals surface area (Å²) in [5.74, 6) is 0.988. The molecule has 3 nitrogen and oxygen atoms in total. The fraction of sp³-hybridized carbons (Fsp3) is 0.571. The maximum Gasteiger partial charge on any atom is 0.139 e. The lowest BCUT2D eigenvalue weighted by atomic mass is 10.1. The van der Waals surface area contributed by atoms with E-state index in [2.05, 4.69) is 22.9 Å². The van der Waals surface area contributed by atoms with Crippen molar-refractivity contribution in [2.75, 3.05) is 18.0 Å². The molecule has 18 heavy (non-hydrogen) atoms. The molecule has 0 unspecified atom stereocenters. The first kappa shape index (κ1) is 13.3. The molecular formula is C14H21N3S. The molecule has 0 amide bonds. The number of aryl methyl sites for hydroxylation is 2. The van der Waals surface area contributed by atoms with Crippen LogP contribution in [0.3, 0.4) is 0 Å². The van der Waals surface area contributed by atoms with E-state index < -0.39 is 0 Å². The SMILES string of the molecule is Cc1cc(C)c(C(N)=S)c(N2CCCCCC2)n1. The van der Waals surface area contributed by atoms with Gasteiger partial charge in [-0.15, -0.1) is 0 Å². The van der Waals surface area contributed by atoms with E-state index >= 15 is 0 Å². The number of anilines is 1. The molecule has 1 aliphatic rings. The summed E-state index contributed by atoms with van der Waals surface area (Å²) < 4.78 is 0. The van der Waals surface area contributed by atoms with Crippen LogP contribution < -0.4 is 10.6 Å². The zero-order chi connectivity index (χ0) is 13.1. The maximum absolute atomic E-state index is 5.88. The average molecular weight is 263 g/mol. The second-order valence-corrected chi connectivity index (χ2v) is 5.48. The van der Waals surface area contributed by atoms with Crippen LogP contribution in [0, 0.1) is 13.8 Å². The second kappa shape index (κ2) is 5.65. The third kappa shape index (κ3) is 2.80. The van der Waals surface area contributed by atoms with Crippen molar-refractivity contribution in [3.05, 3.63) is 22.9 Å². The van der Waals surface area contributed by atoms with Gasteiger partial charge >= 0.3 is 0 Å². The number of nitrogens with two attached hydrogens (primary N) is 1. The van der Waals surface area contributed by atoms with E-state index in [9.17, 15) is 0 Å². The number of nitrogens with zero attached hydrogens (tertiary/aromatic N) is 2. The van der Waals surface area contributed by atoms with E-state index in [1.165, 1.54) is 25.7 Å². The third-order valence-corrected chi connectivity index (χ3v) is 3.68. The van der Waals surface area contributed by atoms with Gasteiger partial charge in [-0.1, -0.05) is 25.1 Å². The van der Waals surface area contributed by atoms with Crippen LogP contribution in [0.15, 0.2) is 6.07 Å². The summed E-state index contributed by atoms with van der Waals surface area (Å²) in [7, 11) is 0. The lowest BCUT2D eigenvalue weighted by molar-refractivity contribution is 0.726. The second-order valence-electron chi connectivity index (χ2n) is 5.04. The Morgan fingerprint density at radius 3 is 2.39 bits per heavy atom. The molecular weight excluding hydrogens is 242 g/mol. The fourth-order valence-electron chi connectivity index (χ4n) is 2.63. The van der Waals surface area contributed by atoms with Gasteiger partial charge in [0.2, 0.25) is 0 Å². The molecule has 0 radical (unpaired) electrons. The van der Waals surface area contributed by atoms with Crippen LogP contribution in [0.2, 0.25) is 0 Å². The molecule has 2 rings (SSSR count). The highest BCUT2D eigenvalue weighted by Gasteiger charge is 2.18. The topological polar surface area (TPSA) is 42.1 Å². The van der Waals surface area contributed by atoms with E-state index in [4.69, 9.17) is 18.0 Å². The molecule has 98 valence electrons. The summed E-state index contributed by atoms with van der Waals surface area (Å²) >= 11 is 5.19. The van der Waals surface area contributed by atoms with Gasteiger partial charge in [0.1, 0.15) is 10.8 Å². The summed E-state index contributed by atoms with van der Waals surface area (Å²) in [6.45, 7) is 6.21. The Morgan fingerprint density at radius 1 is 1.22 bits per heavy atom. The van der Waals surface area contributed by atoms with Crippen LogP contribution in [0.1, 0.15) is 42.5 Å². The number of pyridine rings is 1. The van der Waals surface area contributed by atoms with E-state index in [-0.39, 0.29) is 0 Å². The quantitative estimate of drug-likeness (QED) is 0.833. The monoisotopic (exact) mass is 263 g/mol. The van der Waals surface area contributed by atoms with E-state index in [1.54, 1.807) is 0 Å². The lowest BCUT2D eigenvalue weighted by Crippen LogP contribution is -2.29. The Balaban J connectivity index is 2.43. The van der Waals surface area contributed by atoms with Gasteiger partial charge < -0.3 is 10.6 Å². The van der Waals surface area contributed by atoms with Crippen molar-refractivity contribution >= 4 is 23.0 Å². The van der Waals surface area contributed by atoms with Crippen molar-refractivity contribution in [3.8, 4) is 0 Å². The number of thiocarbonyl (C=S) groups is 1. The highest BCUT2D eigenvalue weighted by atomic mass is 32.1. The Kier molecular flexibility index (Phi) is 4.17. The van der Waals surface area contributed by atoms with Crippen molar-refractivity contribution in [3.63, 3.8) is 0 Å². The van der Waals surface area contributed by atoms with Crippen molar-refractivity contribution in [2.24, 2.45) is 5.73 Å². The fourth-order valence-corrected chi connectivity index (χ4v) is 2.89. The first-order valence-corrected chi connectivity index (χ1v) is 7.03. The van der Waals surface area contributed by atoms with Crippen molar-refractivity contribution < 1.29 is 0 Å². The maximum atomic E-state index is 5.88. The summed E-state index contributed by atoms with van der Waals surface area (Å²) in [5.41, 5.74) is 9.00. The minimum absolute atomic E-state index is 0.458. The van der Waals surface area contributed by atoms with Crippen LogP contribution in [0.5, 0.6) is 0 Å². The lowest BCUT2D eigenvalue weighted by Gasteiger charge is -2.25. The Hall–Kier alpha value is -1.16. The summed E-state index contributed by atoms with van der Waals surface area (Å²) in [5, 5.41) is 0. The zero-order valence-electron chi connectivity index (χ0n) is 11.2. The smallest absolute Gasteiger partial charge is 0.139 e. The van der Waals surface area contributed by atoms with Crippen LogP contribution in [-0.4, -0.2) is 23.1 Å². The Morgan fingerprint density at radius 2 is 1.83 bits per heavy atom. The van der Waals surface area contributed by atoms with Gasteiger partial charge in [-0.2, -0.15) is 0 Å². The highest BCUT2D eigenvalue weighted by Crippen LogP contribution is 2.25. The molecule has 1 aromatic rings. The van der Waals surface area contributed by atoms with Gasteiger partial charge in [0.15, 0.2) is 0 Å². The van der Waals surface area contributed by atoms with Crippen LogP contribution in [0.25, 0.3) is 0 Å². The van der Waals surface area contributed by atoms with Gasteiger partial charge in [-0.25, -0.2) is 4.98 Å². The van der Waals surface area contributed by atoms with Crippen molar-refractivity contribution in [1.29, 1.82) is 0 Å². The number of aromatic nitrogens is 1. The summed E-state index contributed by atoms with van der Waals surface area (Å²) in [4.78, 5) is 7.49. The molecule has 1 aromatic heterocycles. The highest BCUT2D eigenvalue weighted by molar-refractivity contribution is 7.80. The molecule has 0 aromatic carbocycles. The van der Waals surface area contributed by atoms with Gasteiger partial charge in [-0.05, 0) is 38.3 Å². The minimum Gasteiger partial charge on any atom is -0.389 e. The molecule has 0 aliphatic carbocycles. The molecule has 0 atom stereocenters. The minimum atomic E-state index is 0.458. The molecule has 4 heteroatoms. The third-order valence-electron chi connectivity index (χ3n) is 3.48. The van der Waals surface area contributed by atoms with Gasteiger partial charge in [0.05, 0.1) is 5.56 Å². The van der Waals surface area contributed by atoms with Gasteiger partial charge in [0.25, 0.3) is 0 Å². The predicted molar refractivity (Wildman–Crippen MR) is 80.3 cm³/mol. The molecule has 0 saturated carbocycles. The van der Waals surface area contributed by atoms with Gasteiger partial charge in [-0.3, -0.25) is 0 Å². The van der Waals surface area contributed by atoms with E-state index in [1.807, 2.05) is 6.92 Å². The van der Waals surface area contributed by atoms with Crippen LogP contribution in [-0.2, 0) is 0 Å². The first-order valence-electron chi connectivity index (χ1n) is 6.62. The van der Waals surface area contributed by atoms with Gasteiger partial charge in [0, 0.05) is 18.8 Å². The molecule has 0 bridgehead atoms. The van der Waals surface area contributed by atoms with Crippen molar-refractivity contribution in [1.82, 2.24) is 4.98 Å². The summed E-state index contributed by atoms with van der Waals surface area (Å²) in [6.07, 6.45) is 5.07.